The number of hydrogen-bond acceptors (Lipinski definition) is 1. The third kappa shape index (κ3) is 3.33. The fourth-order valence-corrected chi connectivity index (χ4v) is 6.59. The number of hydrogen-bond donors (Lipinski definition) is 1. The molecule has 0 unspecified atom stereocenters. The molecular weight excluding hydrogens is 470 g/mol. The van der Waals surface area contributed by atoms with Gasteiger partial charge in [-0.1, -0.05) is 121 Å². The second-order valence-electron chi connectivity index (χ2n) is 10.5. The van der Waals surface area contributed by atoms with E-state index in [1.54, 1.807) is 0 Å². The van der Waals surface area contributed by atoms with Gasteiger partial charge in [0, 0.05) is 17.8 Å². The lowest BCUT2D eigenvalue weighted by Crippen LogP contribution is -2.08. The predicted octanol–water partition coefficient (Wildman–Crippen LogP) is 10.4. The van der Waals surface area contributed by atoms with E-state index in [1.165, 1.54) is 82.2 Å². The third-order valence-corrected chi connectivity index (χ3v) is 8.46. The van der Waals surface area contributed by atoms with Crippen molar-refractivity contribution in [1.29, 1.82) is 0 Å². The average molecular weight is 498 g/mol. The molecule has 1 heteroatoms. The smallest absolute Gasteiger partial charge is 0.0458 e. The third-order valence-electron chi connectivity index (χ3n) is 8.46. The van der Waals surface area contributed by atoms with Gasteiger partial charge in [0.1, 0.15) is 0 Å². The van der Waals surface area contributed by atoms with Crippen molar-refractivity contribution in [2.24, 2.45) is 0 Å². The summed E-state index contributed by atoms with van der Waals surface area (Å²) in [5, 5.41) is 14.0. The van der Waals surface area contributed by atoms with Crippen LogP contribution in [0, 0.1) is 6.92 Å². The summed E-state index contributed by atoms with van der Waals surface area (Å²) >= 11 is 0. The van der Waals surface area contributed by atoms with Gasteiger partial charge in [0.15, 0.2) is 0 Å². The molecular formula is C38H27N. The molecule has 0 atom stereocenters. The van der Waals surface area contributed by atoms with E-state index in [4.69, 9.17) is 0 Å². The van der Waals surface area contributed by atoms with Crippen molar-refractivity contribution in [2.45, 2.75) is 6.92 Å². The van der Waals surface area contributed by atoms with Crippen molar-refractivity contribution >= 4 is 54.9 Å². The number of fused-ring (bicyclic) bond motifs is 7. The molecule has 7 aromatic carbocycles. The quantitative estimate of drug-likeness (QED) is 0.234. The Bertz CT molecular complexity index is 2130. The van der Waals surface area contributed by atoms with Crippen molar-refractivity contribution in [3.63, 3.8) is 0 Å². The monoisotopic (exact) mass is 497 g/mol. The molecule has 39 heavy (non-hydrogen) atoms. The highest BCUT2D eigenvalue weighted by atomic mass is 14.9. The van der Waals surface area contributed by atoms with Crippen LogP contribution < -0.4 is 5.32 Å². The Hall–Kier alpha value is -4.88. The molecule has 1 heterocycles. The molecule has 0 aromatic heterocycles. The zero-order chi connectivity index (χ0) is 25.9. The normalized spacial score (nSPS) is 12.7. The molecule has 184 valence electrons. The largest absolute Gasteiger partial charge is 0.381 e. The van der Waals surface area contributed by atoms with E-state index in [0.717, 1.165) is 6.54 Å². The summed E-state index contributed by atoms with van der Waals surface area (Å²) in [5.74, 6) is 0. The van der Waals surface area contributed by atoms with Gasteiger partial charge in [-0.2, -0.15) is 0 Å². The van der Waals surface area contributed by atoms with Crippen molar-refractivity contribution < 1.29 is 0 Å². The highest BCUT2D eigenvalue weighted by Gasteiger charge is 2.20. The first kappa shape index (κ1) is 22.1. The van der Waals surface area contributed by atoms with Crippen molar-refractivity contribution in [1.82, 2.24) is 0 Å². The number of benzene rings is 7. The van der Waals surface area contributed by atoms with E-state index < -0.39 is 0 Å². The molecule has 1 nitrogen and oxygen atoms in total. The maximum absolute atomic E-state index is 3.72. The highest BCUT2D eigenvalue weighted by Crippen LogP contribution is 2.45. The van der Waals surface area contributed by atoms with Crippen LogP contribution in [0.4, 0.5) is 5.69 Å². The minimum Gasteiger partial charge on any atom is -0.381 e. The Morgan fingerprint density at radius 1 is 0.487 bits per heavy atom. The van der Waals surface area contributed by atoms with Crippen LogP contribution in [0.3, 0.4) is 0 Å². The summed E-state index contributed by atoms with van der Waals surface area (Å²) in [6, 6.07) is 42.4. The van der Waals surface area contributed by atoms with Crippen LogP contribution in [-0.2, 0) is 0 Å². The second-order valence-corrected chi connectivity index (χ2v) is 10.5. The SMILES string of the molecule is Cc1c(-c2cccc3c2ccc2ccccc23)cc(-c2cccc3c2ccc2ccccc23)c2c1NCC=C2. The number of rotatable bonds is 2. The molecule has 0 spiro atoms. The van der Waals surface area contributed by atoms with E-state index in [-0.39, 0.29) is 0 Å². The fraction of sp³-hybridized carbons (Fsp3) is 0.0526. The predicted molar refractivity (Wildman–Crippen MR) is 170 cm³/mol. The van der Waals surface area contributed by atoms with E-state index >= 15 is 0 Å². The van der Waals surface area contributed by atoms with Crippen molar-refractivity contribution in [2.75, 3.05) is 11.9 Å². The van der Waals surface area contributed by atoms with Gasteiger partial charge in [-0.25, -0.2) is 0 Å². The Kier molecular flexibility index (Phi) is 4.87. The van der Waals surface area contributed by atoms with E-state index in [9.17, 15) is 0 Å². The van der Waals surface area contributed by atoms with E-state index in [2.05, 4.69) is 140 Å². The van der Waals surface area contributed by atoms with E-state index in [0.29, 0.717) is 0 Å². The maximum atomic E-state index is 3.72. The lowest BCUT2D eigenvalue weighted by atomic mass is 9.84. The van der Waals surface area contributed by atoms with Crippen molar-refractivity contribution in [3.8, 4) is 22.3 Å². The van der Waals surface area contributed by atoms with Gasteiger partial charge < -0.3 is 5.32 Å². The molecule has 1 aliphatic rings. The summed E-state index contributed by atoms with van der Waals surface area (Å²) in [4.78, 5) is 0. The molecule has 0 bridgehead atoms. The first-order valence-electron chi connectivity index (χ1n) is 13.7. The van der Waals surface area contributed by atoms with Crippen LogP contribution in [0.2, 0.25) is 0 Å². The summed E-state index contributed by atoms with van der Waals surface area (Å²) in [5.41, 5.74) is 8.91. The van der Waals surface area contributed by atoms with Gasteiger partial charge in [0.2, 0.25) is 0 Å². The molecule has 0 amide bonds. The molecule has 1 N–H and O–H groups in total. The van der Waals surface area contributed by atoms with Crippen LogP contribution in [0.15, 0.2) is 121 Å². The lowest BCUT2D eigenvalue weighted by Gasteiger charge is -2.24. The Labute approximate surface area is 228 Å². The minimum absolute atomic E-state index is 0.844. The molecule has 8 rings (SSSR count). The molecule has 0 aliphatic carbocycles. The summed E-state index contributed by atoms with van der Waals surface area (Å²) in [6.45, 7) is 3.11. The number of anilines is 1. The zero-order valence-corrected chi connectivity index (χ0v) is 21.8. The fourth-order valence-electron chi connectivity index (χ4n) is 6.59. The standard InChI is InChI=1S/C38H27N/c1-24-36(31-15-6-13-29-27-11-4-2-9-25(27)18-20-33(29)31)23-37(35-17-8-22-39-38(24)35)32-16-7-14-30-28-12-5-3-10-26(28)19-21-34(30)32/h2-21,23,39H,22H2,1H3. The van der Waals surface area contributed by atoms with Gasteiger partial charge in [-0.15, -0.1) is 0 Å². The lowest BCUT2D eigenvalue weighted by molar-refractivity contribution is 1.28. The molecule has 1 aliphatic heterocycles. The van der Waals surface area contributed by atoms with Gasteiger partial charge in [-0.05, 0) is 83.9 Å². The zero-order valence-electron chi connectivity index (χ0n) is 21.8. The van der Waals surface area contributed by atoms with Gasteiger partial charge >= 0.3 is 0 Å². The first-order valence-corrected chi connectivity index (χ1v) is 13.7. The van der Waals surface area contributed by atoms with Crippen LogP contribution >= 0.6 is 0 Å². The van der Waals surface area contributed by atoms with Crippen LogP contribution in [0.5, 0.6) is 0 Å². The maximum Gasteiger partial charge on any atom is 0.0458 e. The molecule has 0 saturated carbocycles. The highest BCUT2D eigenvalue weighted by molar-refractivity contribution is 6.15. The molecule has 0 saturated heterocycles. The van der Waals surface area contributed by atoms with Gasteiger partial charge in [0.05, 0.1) is 0 Å². The Morgan fingerprint density at radius 3 is 1.69 bits per heavy atom. The Morgan fingerprint density at radius 2 is 1.05 bits per heavy atom. The Balaban J connectivity index is 1.45. The van der Waals surface area contributed by atoms with Crippen LogP contribution in [-0.4, -0.2) is 6.54 Å². The minimum atomic E-state index is 0.844. The number of nitrogens with one attached hydrogen (secondary N) is 1. The van der Waals surface area contributed by atoms with Gasteiger partial charge in [0.25, 0.3) is 0 Å². The summed E-state index contributed by atoms with van der Waals surface area (Å²) < 4.78 is 0. The van der Waals surface area contributed by atoms with Gasteiger partial charge in [-0.3, -0.25) is 0 Å². The van der Waals surface area contributed by atoms with E-state index in [1.807, 2.05) is 0 Å². The summed E-state index contributed by atoms with van der Waals surface area (Å²) in [6.07, 6.45) is 4.53. The molecule has 7 aromatic rings. The van der Waals surface area contributed by atoms with Crippen LogP contribution in [0.25, 0.3) is 71.4 Å². The summed E-state index contributed by atoms with van der Waals surface area (Å²) in [7, 11) is 0. The molecule has 0 fully saturated rings. The van der Waals surface area contributed by atoms with Crippen molar-refractivity contribution in [3.05, 3.63) is 132 Å². The second kappa shape index (κ2) is 8.58. The topological polar surface area (TPSA) is 12.0 Å². The molecule has 0 radical (unpaired) electrons. The average Bonchev–Trinajstić information content (AvgIpc) is 3.01. The van der Waals surface area contributed by atoms with Crippen LogP contribution in [0.1, 0.15) is 11.1 Å². The first-order chi connectivity index (χ1) is 19.3.